The number of ether oxygens (including phenoxy) is 5. The van der Waals surface area contributed by atoms with E-state index >= 15 is 0 Å². The molecule has 0 unspecified atom stereocenters. The molecular formula is C15H22O6S2. The van der Waals surface area contributed by atoms with Gasteiger partial charge < -0.3 is 23.7 Å². The molecule has 8 atom stereocenters. The quantitative estimate of drug-likeness (QED) is 0.547. The van der Waals surface area contributed by atoms with Crippen molar-refractivity contribution in [3.8, 4) is 0 Å². The summed E-state index contributed by atoms with van der Waals surface area (Å²) in [7, 11) is 3.62. The smallest absolute Gasteiger partial charge is 0.303 e. The summed E-state index contributed by atoms with van der Waals surface area (Å²) in [4.78, 5) is 11.1. The Bertz CT molecular complexity index is 463. The molecule has 0 aromatic heterocycles. The van der Waals surface area contributed by atoms with Gasteiger partial charge in [0.2, 0.25) is 0 Å². The van der Waals surface area contributed by atoms with E-state index in [0.29, 0.717) is 24.4 Å². The van der Waals surface area contributed by atoms with Crippen LogP contribution in [0, 0.1) is 5.92 Å². The van der Waals surface area contributed by atoms with Crippen molar-refractivity contribution in [1.82, 2.24) is 0 Å². The van der Waals surface area contributed by atoms with Gasteiger partial charge >= 0.3 is 5.97 Å². The monoisotopic (exact) mass is 362 g/mol. The average molecular weight is 362 g/mol. The van der Waals surface area contributed by atoms with Crippen molar-refractivity contribution >= 4 is 27.6 Å². The maximum Gasteiger partial charge on any atom is 0.303 e. The first-order valence-corrected chi connectivity index (χ1v) is 10.4. The summed E-state index contributed by atoms with van der Waals surface area (Å²) >= 11 is 0. The molecule has 0 spiro atoms. The summed E-state index contributed by atoms with van der Waals surface area (Å²) in [6, 6.07) is 0. The summed E-state index contributed by atoms with van der Waals surface area (Å²) in [6.07, 6.45) is 0.0488. The van der Waals surface area contributed by atoms with Crippen LogP contribution in [0.25, 0.3) is 0 Å². The molecule has 23 heavy (non-hydrogen) atoms. The summed E-state index contributed by atoms with van der Waals surface area (Å²) in [5.41, 5.74) is 0. The third-order valence-electron chi connectivity index (χ3n) is 4.84. The van der Waals surface area contributed by atoms with Crippen molar-refractivity contribution in [2.24, 2.45) is 5.92 Å². The second kappa shape index (κ2) is 6.72. The second-order valence-electron chi connectivity index (χ2n) is 6.59. The van der Waals surface area contributed by atoms with Crippen LogP contribution in [0.2, 0.25) is 0 Å². The third kappa shape index (κ3) is 3.14. The van der Waals surface area contributed by atoms with Crippen molar-refractivity contribution in [3.05, 3.63) is 0 Å². The highest BCUT2D eigenvalue weighted by molar-refractivity contribution is 8.77. The largest absolute Gasteiger partial charge is 0.457 e. The Kier molecular flexibility index (Phi) is 4.82. The van der Waals surface area contributed by atoms with Gasteiger partial charge in [0.1, 0.15) is 12.2 Å². The second-order valence-corrected chi connectivity index (χ2v) is 9.34. The van der Waals surface area contributed by atoms with Crippen molar-refractivity contribution < 1.29 is 28.5 Å². The van der Waals surface area contributed by atoms with Gasteiger partial charge in [-0.1, -0.05) is 28.5 Å². The highest BCUT2D eigenvalue weighted by atomic mass is 33.1. The molecule has 0 aromatic carbocycles. The van der Waals surface area contributed by atoms with Gasteiger partial charge in [-0.05, 0) is 0 Å². The molecule has 0 N–H and O–H groups in total. The number of hydrogen-bond acceptors (Lipinski definition) is 8. The van der Waals surface area contributed by atoms with Crippen LogP contribution in [0.15, 0.2) is 0 Å². The fraction of sp³-hybridized carbons (Fsp3) is 0.933. The molecule has 0 radical (unpaired) electrons. The lowest BCUT2D eigenvalue weighted by molar-refractivity contribution is -0.150. The van der Waals surface area contributed by atoms with Crippen LogP contribution in [-0.2, 0) is 28.5 Å². The van der Waals surface area contributed by atoms with Crippen LogP contribution >= 0.6 is 21.6 Å². The third-order valence-corrected chi connectivity index (χ3v) is 8.07. The standard InChI is InChI=1S/C15H22O6S2/c1-7-3-17-14-10(5-19-12(7)14)22-23-11-6-20-13-9(21-8(2)16)4-18-15(11)13/h7,9-15H,3-6H2,1-2H3/t7-,9-,10+,11+,12-,13-,14-,15-/m1/s1. The number of fused-ring (bicyclic) bond motifs is 2. The molecule has 4 aliphatic rings. The molecule has 130 valence electrons. The Morgan fingerprint density at radius 2 is 1.43 bits per heavy atom. The maximum absolute atomic E-state index is 11.1. The predicted octanol–water partition coefficient (Wildman–Crippen LogP) is 1.27. The van der Waals surface area contributed by atoms with E-state index in [9.17, 15) is 4.79 Å². The zero-order chi connectivity index (χ0) is 16.0. The number of esters is 1. The average Bonchev–Trinajstić information content (AvgIpc) is 3.22. The first kappa shape index (κ1) is 16.5. The molecule has 4 fully saturated rings. The maximum atomic E-state index is 11.1. The van der Waals surface area contributed by atoms with Gasteiger partial charge in [-0.15, -0.1) is 0 Å². The summed E-state index contributed by atoms with van der Waals surface area (Å²) in [5.74, 6) is 0.201. The Hall–Kier alpha value is 0.01000. The van der Waals surface area contributed by atoms with E-state index in [1.807, 2.05) is 10.8 Å². The van der Waals surface area contributed by atoms with Crippen LogP contribution in [0.5, 0.6) is 0 Å². The molecule has 4 rings (SSSR count). The van der Waals surface area contributed by atoms with Gasteiger partial charge in [0.05, 0.1) is 49.1 Å². The number of carbonyl (C=O) groups is 1. The van der Waals surface area contributed by atoms with Crippen LogP contribution in [0.1, 0.15) is 13.8 Å². The van der Waals surface area contributed by atoms with E-state index < -0.39 is 0 Å². The van der Waals surface area contributed by atoms with E-state index in [2.05, 4.69) is 6.92 Å². The molecule has 4 heterocycles. The highest BCUT2D eigenvalue weighted by Gasteiger charge is 2.51. The van der Waals surface area contributed by atoms with Crippen LogP contribution < -0.4 is 0 Å². The molecule has 0 aliphatic carbocycles. The Balaban J connectivity index is 1.29. The van der Waals surface area contributed by atoms with Gasteiger partial charge in [-0.25, -0.2) is 0 Å². The number of carbonyl (C=O) groups excluding carboxylic acids is 1. The van der Waals surface area contributed by atoms with Crippen molar-refractivity contribution in [2.75, 3.05) is 26.4 Å². The van der Waals surface area contributed by atoms with Gasteiger partial charge in [0.15, 0.2) is 6.10 Å². The van der Waals surface area contributed by atoms with E-state index in [4.69, 9.17) is 23.7 Å². The Morgan fingerprint density at radius 3 is 2.13 bits per heavy atom. The fourth-order valence-electron chi connectivity index (χ4n) is 3.71. The molecule has 4 saturated heterocycles. The SMILES string of the molecule is CC(=O)O[C@@H]1CO[C@H]2[C@@H]1OC[C@@H]2SS[C@H]1CO[C@H]2[C@@H]1OC[C@H]2C. The van der Waals surface area contributed by atoms with Crippen molar-refractivity contribution in [2.45, 2.75) is 54.9 Å². The van der Waals surface area contributed by atoms with Gasteiger partial charge in [0.25, 0.3) is 0 Å². The highest BCUT2D eigenvalue weighted by Crippen LogP contribution is 2.46. The van der Waals surface area contributed by atoms with Crippen molar-refractivity contribution in [3.63, 3.8) is 0 Å². The first-order chi connectivity index (χ1) is 11.1. The van der Waals surface area contributed by atoms with E-state index in [1.54, 1.807) is 10.8 Å². The minimum Gasteiger partial charge on any atom is -0.457 e. The molecule has 4 aliphatic heterocycles. The topological polar surface area (TPSA) is 63.2 Å². The molecule has 0 bridgehead atoms. The summed E-state index contributed by atoms with van der Waals surface area (Å²) in [5, 5.41) is 0.614. The first-order valence-electron chi connectivity index (χ1n) is 8.09. The van der Waals surface area contributed by atoms with Gasteiger partial charge in [0, 0.05) is 12.8 Å². The van der Waals surface area contributed by atoms with E-state index in [1.165, 1.54) is 6.92 Å². The van der Waals surface area contributed by atoms with Crippen LogP contribution in [-0.4, -0.2) is 73.4 Å². The lowest BCUT2D eigenvalue weighted by atomic mass is 10.0. The molecule has 6 nitrogen and oxygen atoms in total. The number of rotatable bonds is 4. The Labute approximate surface area is 143 Å². The lowest BCUT2D eigenvalue weighted by Crippen LogP contribution is -2.33. The fourth-order valence-corrected chi connectivity index (χ4v) is 6.79. The zero-order valence-electron chi connectivity index (χ0n) is 13.2. The van der Waals surface area contributed by atoms with Gasteiger partial charge in [-0.2, -0.15) is 0 Å². The molecule has 0 amide bonds. The minimum absolute atomic E-state index is 0.00149. The van der Waals surface area contributed by atoms with E-state index in [0.717, 1.165) is 13.2 Å². The number of hydrogen-bond donors (Lipinski definition) is 0. The van der Waals surface area contributed by atoms with E-state index in [-0.39, 0.29) is 41.7 Å². The lowest BCUT2D eigenvalue weighted by Gasteiger charge is -2.19. The molecule has 8 heteroatoms. The molecule has 0 aromatic rings. The van der Waals surface area contributed by atoms with Crippen molar-refractivity contribution in [1.29, 1.82) is 0 Å². The van der Waals surface area contributed by atoms with Gasteiger partial charge in [-0.3, -0.25) is 4.79 Å². The molecule has 0 saturated carbocycles. The Morgan fingerprint density at radius 1 is 0.870 bits per heavy atom. The normalized spacial score (nSPS) is 48.4. The van der Waals surface area contributed by atoms with Crippen LogP contribution in [0.3, 0.4) is 0 Å². The summed E-state index contributed by atoms with van der Waals surface area (Å²) in [6.45, 7) is 6.20. The molecular weight excluding hydrogens is 340 g/mol. The summed E-state index contributed by atoms with van der Waals surface area (Å²) < 4.78 is 28.7. The minimum atomic E-state index is -0.282. The zero-order valence-corrected chi connectivity index (χ0v) is 14.8. The van der Waals surface area contributed by atoms with Crippen LogP contribution in [0.4, 0.5) is 0 Å². The predicted molar refractivity (Wildman–Crippen MR) is 86.4 cm³/mol.